The number of carbonyl (C=O) groups is 1. The van der Waals surface area contributed by atoms with Crippen LogP contribution in [0.5, 0.6) is 0 Å². The number of unbranched alkanes of at least 4 members (excludes halogenated alkanes) is 3. The van der Waals surface area contributed by atoms with Crippen LogP contribution >= 0.6 is 0 Å². The standard InChI is InChI=1S/C7H14N2O2/c1-2-3-4-5-6-9(7-10)8-11/h7H,2-6H2,1H3. The Bertz CT molecular complexity index is 109. The van der Waals surface area contributed by atoms with Gasteiger partial charge in [-0.2, -0.15) is 5.01 Å². The minimum Gasteiger partial charge on any atom is -0.277 e. The highest BCUT2D eigenvalue weighted by molar-refractivity contribution is 5.45. The van der Waals surface area contributed by atoms with Crippen molar-refractivity contribution in [3.05, 3.63) is 4.91 Å². The Morgan fingerprint density at radius 1 is 1.36 bits per heavy atom. The molecule has 0 aliphatic carbocycles. The molecule has 4 heteroatoms. The zero-order valence-corrected chi connectivity index (χ0v) is 6.82. The molecular formula is C7H14N2O2. The normalized spacial score (nSPS) is 9.18. The summed E-state index contributed by atoms with van der Waals surface area (Å²) in [6.45, 7) is 2.56. The van der Waals surface area contributed by atoms with Crippen molar-refractivity contribution in [2.45, 2.75) is 32.6 Å². The summed E-state index contributed by atoms with van der Waals surface area (Å²) in [7, 11) is 0. The third kappa shape index (κ3) is 5.51. The van der Waals surface area contributed by atoms with E-state index < -0.39 is 0 Å². The van der Waals surface area contributed by atoms with Crippen LogP contribution in [0.4, 0.5) is 0 Å². The summed E-state index contributed by atoms with van der Waals surface area (Å²) >= 11 is 0. The number of amides is 1. The molecule has 0 aromatic carbocycles. The van der Waals surface area contributed by atoms with Crippen LogP contribution in [0, 0.1) is 4.91 Å². The zero-order valence-electron chi connectivity index (χ0n) is 6.82. The Morgan fingerprint density at radius 2 is 2.09 bits per heavy atom. The lowest BCUT2D eigenvalue weighted by molar-refractivity contribution is -0.118. The zero-order chi connectivity index (χ0) is 8.53. The van der Waals surface area contributed by atoms with Crippen LogP contribution in [0.3, 0.4) is 0 Å². The highest BCUT2D eigenvalue weighted by Crippen LogP contribution is 1.99. The highest BCUT2D eigenvalue weighted by atomic mass is 16.3. The van der Waals surface area contributed by atoms with E-state index in [0.29, 0.717) is 13.0 Å². The quantitative estimate of drug-likeness (QED) is 0.245. The average molecular weight is 158 g/mol. The molecule has 0 aromatic rings. The van der Waals surface area contributed by atoms with Crippen molar-refractivity contribution in [1.82, 2.24) is 5.01 Å². The maximum Gasteiger partial charge on any atom is 0.232 e. The van der Waals surface area contributed by atoms with Crippen LogP contribution in [0.15, 0.2) is 5.29 Å². The molecule has 0 heterocycles. The second kappa shape index (κ2) is 7.18. The molecule has 0 unspecified atom stereocenters. The van der Waals surface area contributed by atoms with Gasteiger partial charge in [-0.1, -0.05) is 26.2 Å². The number of hydrogen-bond donors (Lipinski definition) is 0. The predicted octanol–water partition coefficient (Wildman–Crippen LogP) is 1.71. The van der Waals surface area contributed by atoms with E-state index in [4.69, 9.17) is 0 Å². The lowest BCUT2D eigenvalue weighted by Crippen LogP contribution is -2.15. The molecule has 0 aliphatic rings. The first-order valence-corrected chi connectivity index (χ1v) is 3.90. The Hall–Kier alpha value is -0.930. The van der Waals surface area contributed by atoms with E-state index in [1.54, 1.807) is 0 Å². The summed E-state index contributed by atoms with van der Waals surface area (Å²) in [4.78, 5) is 19.9. The molecule has 0 saturated heterocycles. The molecule has 0 aromatic heterocycles. The van der Waals surface area contributed by atoms with Gasteiger partial charge < -0.3 is 0 Å². The van der Waals surface area contributed by atoms with E-state index in [1.807, 2.05) is 0 Å². The molecule has 0 rings (SSSR count). The first-order valence-electron chi connectivity index (χ1n) is 3.90. The van der Waals surface area contributed by atoms with Gasteiger partial charge in [0, 0.05) is 6.54 Å². The maximum atomic E-state index is 10.0. The highest BCUT2D eigenvalue weighted by Gasteiger charge is 1.97. The second-order valence-corrected chi connectivity index (χ2v) is 2.41. The Morgan fingerprint density at radius 3 is 2.55 bits per heavy atom. The van der Waals surface area contributed by atoms with E-state index in [0.717, 1.165) is 30.7 Å². The SMILES string of the molecule is CCCCCCN(C=O)N=O. The van der Waals surface area contributed by atoms with Crippen LogP contribution in [-0.2, 0) is 4.79 Å². The lowest BCUT2D eigenvalue weighted by atomic mass is 10.2. The summed E-state index contributed by atoms with van der Waals surface area (Å²) in [5.74, 6) is 0. The molecule has 0 radical (unpaired) electrons. The van der Waals surface area contributed by atoms with E-state index >= 15 is 0 Å². The lowest BCUT2D eigenvalue weighted by Gasteiger charge is -2.04. The Kier molecular flexibility index (Phi) is 6.57. The van der Waals surface area contributed by atoms with Crippen LogP contribution in [0.2, 0.25) is 0 Å². The van der Waals surface area contributed by atoms with Crippen molar-refractivity contribution in [1.29, 1.82) is 0 Å². The molecule has 0 N–H and O–H groups in total. The molecule has 11 heavy (non-hydrogen) atoms. The summed E-state index contributed by atoms with van der Waals surface area (Å²) in [6.07, 6.45) is 4.66. The number of carbonyl (C=O) groups excluding carboxylic acids is 1. The summed E-state index contributed by atoms with van der Waals surface area (Å²) in [6, 6.07) is 0. The minimum atomic E-state index is 0.451. The van der Waals surface area contributed by atoms with Crippen molar-refractivity contribution < 1.29 is 4.79 Å². The maximum absolute atomic E-state index is 10.0. The third-order valence-corrected chi connectivity index (χ3v) is 1.47. The van der Waals surface area contributed by atoms with Crippen molar-refractivity contribution >= 4 is 6.41 Å². The third-order valence-electron chi connectivity index (χ3n) is 1.47. The predicted molar refractivity (Wildman–Crippen MR) is 42.7 cm³/mol. The van der Waals surface area contributed by atoms with E-state index in [2.05, 4.69) is 12.2 Å². The number of rotatable bonds is 7. The first kappa shape index (κ1) is 10.1. The van der Waals surface area contributed by atoms with Gasteiger partial charge in [0.25, 0.3) is 0 Å². The molecule has 0 saturated carbocycles. The van der Waals surface area contributed by atoms with Crippen molar-refractivity contribution in [3.8, 4) is 0 Å². The molecular weight excluding hydrogens is 144 g/mol. The summed E-state index contributed by atoms with van der Waals surface area (Å²) in [5.41, 5.74) is 0. The average Bonchev–Trinajstić information content (AvgIpc) is 2.05. The number of nitroso groups, excluding NO2 is 1. The fourth-order valence-electron chi connectivity index (χ4n) is 0.813. The molecule has 0 atom stereocenters. The topological polar surface area (TPSA) is 49.7 Å². The largest absolute Gasteiger partial charge is 0.277 e. The Balaban J connectivity index is 3.21. The van der Waals surface area contributed by atoms with E-state index in [-0.39, 0.29) is 0 Å². The summed E-state index contributed by atoms with van der Waals surface area (Å²) < 4.78 is 0. The van der Waals surface area contributed by atoms with Crippen molar-refractivity contribution in [2.75, 3.05) is 6.54 Å². The van der Waals surface area contributed by atoms with Gasteiger partial charge in [0.15, 0.2) is 0 Å². The van der Waals surface area contributed by atoms with Gasteiger partial charge in [-0.05, 0) is 6.42 Å². The van der Waals surface area contributed by atoms with Gasteiger partial charge in [-0.3, -0.25) is 4.79 Å². The van der Waals surface area contributed by atoms with Gasteiger partial charge in [0.2, 0.25) is 6.41 Å². The Labute approximate surface area is 66.5 Å². The minimum absolute atomic E-state index is 0.451. The van der Waals surface area contributed by atoms with Crippen LogP contribution in [0.1, 0.15) is 32.6 Å². The molecule has 1 amide bonds. The summed E-state index contributed by atoms with van der Waals surface area (Å²) in [5, 5.41) is 3.40. The van der Waals surface area contributed by atoms with Gasteiger partial charge in [-0.25, -0.2) is 0 Å². The smallest absolute Gasteiger partial charge is 0.232 e. The molecule has 0 spiro atoms. The molecule has 0 fully saturated rings. The van der Waals surface area contributed by atoms with Gasteiger partial charge in [0.1, 0.15) is 0 Å². The fourth-order valence-corrected chi connectivity index (χ4v) is 0.813. The van der Waals surface area contributed by atoms with Gasteiger partial charge in [0.05, 0.1) is 5.29 Å². The number of hydrogen-bond acceptors (Lipinski definition) is 3. The van der Waals surface area contributed by atoms with Crippen LogP contribution < -0.4 is 0 Å². The monoisotopic (exact) mass is 158 g/mol. The van der Waals surface area contributed by atoms with Crippen LogP contribution in [0.25, 0.3) is 0 Å². The second-order valence-electron chi connectivity index (χ2n) is 2.41. The molecule has 4 nitrogen and oxygen atoms in total. The first-order chi connectivity index (χ1) is 5.35. The molecule has 0 aliphatic heterocycles. The van der Waals surface area contributed by atoms with Crippen molar-refractivity contribution in [3.63, 3.8) is 0 Å². The number of nitrogens with zero attached hydrogens (tertiary/aromatic N) is 2. The fraction of sp³-hybridized carbons (Fsp3) is 0.857. The molecule has 0 bridgehead atoms. The van der Waals surface area contributed by atoms with E-state index in [1.165, 1.54) is 0 Å². The van der Waals surface area contributed by atoms with Gasteiger partial charge >= 0.3 is 0 Å². The molecule has 64 valence electrons. The van der Waals surface area contributed by atoms with E-state index in [9.17, 15) is 9.70 Å². The van der Waals surface area contributed by atoms with Crippen LogP contribution in [-0.4, -0.2) is 18.0 Å². The van der Waals surface area contributed by atoms with Crippen molar-refractivity contribution in [2.24, 2.45) is 5.29 Å². The van der Waals surface area contributed by atoms with Gasteiger partial charge in [-0.15, -0.1) is 4.91 Å².